The van der Waals surface area contributed by atoms with Gasteiger partial charge in [0.25, 0.3) is 5.91 Å². The molecule has 1 N–H and O–H groups in total. The second kappa shape index (κ2) is 4.37. The maximum atomic E-state index is 11.9. The predicted molar refractivity (Wildman–Crippen MR) is 64.4 cm³/mol. The summed E-state index contributed by atoms with van der Waals surface area (Å²) in [5, 5.41) is 7.71. The Labute approximate surface area is 99.4 Å². The van der Waals surface area contributed by atoms with Crippen LogP contribution in [0.25, 0.3) is 0 Å². The van der Waals surface area contributed by atoms with Gasteiger partial charge >= 0.3 is 0 Å². The van der Waals surface area contributed by atoms with Crippen molar-refractivity contribution in [3.05, 3.63) is 46.8 Å². The van der Waals surface area contributed by atoms with E-state index >= 15 is 0 Å². The number of carbonyl (C=O) groups is 1. The summed E-state index contributed by atoms with van der Waals surface area (Å²) in [5.41, 5.74) is 6.02. The first-order valence-electron chi connectivity index (χ1n) is 5.35. The van der Waals surface area contributed by atoms with Crippen molar-refractivity contribution < 1.29 is 4.79 Å². The maximum absolute atomic E-state index is 11.9. The fraction of sp³-hybridized carbons (Fsp3) is 0.250. The number of aryl methyl sites for hydroxylation is 2. The zero-order valence-corrected chi connectivity index (χ0v) is 10.1. The van der Waals surface area contributed by atoms with Crippen LogP contribution in [0.4, 0.5) is 0 Å². The van der Waals surface area contributed by atoms with E-state index in [-0.39, 0.29) is 5.91 Å². The Hall–Kier alpha value is -2.17. The monoisotopic (exact) mass is 230 g/mol. The molecule has 1 aromatic heterocycles. The number of carbonyl (C=O) groups excluding carboxylic acids is 1. The van der Waals surface area contributed by atoms with Crippen LogP contribution in [0.15, 0.2) is 24.3 Å². The number of hydrogen-bond donors (Lipinski definition) is 1. The molecule has 1 heterocycles. The second-order valence-electron chi connectivity index (χ2n) is 3.98. The third-order valence-electron chi connectivity index (χ3n) is 2.65. The van der Waals surface area contributed by atoms with E-state index in [0.717, 1.165) is 17.0 Å². The van der Waals surface area contributed by atoms with E-state index in [2.05, 4.69) is 15.7 Å². The van der Waals surface area contributed by atoms with Gasteiger partial charge in [-0.1, -0.05) is 17.7 Å². The molecule has 2 aromatic rings. The van der Waals surface area contributed by atoms with Crippen LogP contribution in [-0.4, -0.2) is 21.0 Å². The van der Waals surface area contributed by atoms with Crippen molar-refractivity contribution in [3.63, 3.8) is 0 Å². The maximum Gasteiger partial charge on any atom is 0.271 e. The fourth-order valence-corrected chi connectivity index (χ4v) is 1.38. The molecule has 5 heteroatoms. The van der Waals surface area contributed by atoms with Crippen molar-refractivity contribution in [2.75, 3.05) is 5.43 Å². The Morgan fingerprint density at radius 3 is 2.35 bits per heavy atom. The smallest absolute Gasteiger partial charge is 0.267 e. The Morgan fingerprint density at radius 2 is 1.82 bits per heavy atom. The number of nitrogens with one attached hydrogen (secondary N) is 1. The van der Waals surface area contributed by atoms with Crippen LogP contribution in [0.2, 0.25) is 0 Å². The van der Waals surface area contributed by atoms with Crippen LogP contribution in [0.3, 0.4) is 0 Å². The lowest BCUT2D eigenvalue weighted by Crippen LogP contribution is -2.25. The van der Waals surface area contributed by atoms with Crippen molar-refractivity contribution in [3.8, 4) is 0 Å². The molecule has 0 bridgehead atoms. The minimum atomic E-state index is -0.196. The van der Waals surface area contributed by atoms with E-state index < -0.39 is 0 Å². The lowest BCUT2D eigenvalue weighted by Gasteiger charge is -2.06. The van der Waals surface area contributed by atoms with Crippen LogP contribution >= 0.6 is 0 Å². The molecule has 1 aromatic carbocycles. The van der Waals surface area contributed by atoms with Crippen molar-refractivity contribution in [1.29, 1.82) is 0 Å². The molecule has 5 nitrogen and oxygen atoms in total. The molecule has 0 saturated heterocycles. The zero-order chi connectivity index (χ0) is 12.4. The summed E-state index contributed by atoms with van der Waals surface area (Å²) in [6.45, 7) is 5.67. The highest BCUT2D eigenvalue weighted by Crippen LogP contribution is 2.04. The van der Waals surface area contributed by atoms with E-state index in [4.69, 9.17) is 0 Å². The third-order valence-corrected chi connectivity index (χ3v) is 2.65. The molecule has 17 heavy (non-hydrogen) atoms. The first-order valence-corrected chi connectivity index (χ1v) is 5.35. The molecule has 2 rings (SSSR count). The van der Waals surface area contributed by atoms with E-state index in [1.807, 2.05) is 32.9 Å². The largest absolute Gasteiger partial charge is 0.271 e. The third kappa shape index (κ3) is 2.33. The van der Waals surface area contributed by atoms with Crippen LogP contribution in [0.5, 0.6) is 0 Å². The normalized spacial score (nSPS) is 10.3. The van der Waals surface area contributed by atoms with Gasteiger partial charge in [-0.25, -0.2) is 5.43 Å². The van der Waals surface area contributed by atoms with Crippen LogP contribution in [0, 0.1) is 20.8 Å². The molecule has 1 amide bonds. The number of benzene rings is 1. The molecule has 0 aliphatic carbocycles. The number of amides is 1. The average Bonchev–Trinajstić information content (AvgIpc) is 2.62. The van der Waals surface area contributed by atoms with E-state index in [1.54, 1.807) is 12.1 Å². The minimum Gasteiger partial charge on any atom is -0.267 e. The summed E-state index contributed by atoms with van der Waals surface area (Å²) >= 11 is 0. The summed E-state index contributed by atoms with van der Waals surface area (Å²) in [4.78, 5) is 13.3. The van der Waals surface area contributed by atoms with Crippen molar-refractivity contribution in [2.24, 2.45) is 0 Å². The lowest BCUT2D eigenvalue weighted by molar-refractivity contribution is 0.100. The van der Waals surface area contributed by atoms with Gasteiger partial charge in [0.15, 0.2) is 0 Å². The summed E-state index contributed by atoms with van der Waals surface area (Å²) in [6, 6.07) is 7.36. The highest BCUT2D eigenvalue weighted by molar-refractivity contribution is 5.99. The molecule has 0 unspecified atom stereocenters. The van der Waals surface area contributed by atoms with E-state index in [9.17, 15) is 4.79 Å². The molecular weight excluding hydrogens is 216 g/mol. The summed E-state index contributed by atoms with van der Waals surface area (Å²) in [6.07, 6.45) is 0. The predicted octanol–water partition coefficient (Wildman–Crippen LogP) is 1.59. The molecule has 88 valence electrons. The minimum absolute atomic E-state index is 0.196. The summed E-state index contributed by atoms with van der Waals surface area (Å²) in [7, 11) is 0. The number of nitrogens with zero attached hydrogens (tertiary/aromatic N) is 3. The van der Waals surface area contributed by atoms with Crippen molar-refractivity contribution >= 4 is 5.91 Å². The van der Waals surface area contributed by atoms with Gasteiger partial charge in [0.1, 0.15) is 0 Å². The van der Waals surface area contributed by atoms with Crippen molar-refractivity contribution in [1.82, 2.24) is 15.1 Å². The van der Waals surface area contributed by atoms with Gasteiger partial charge < -0.3 is 0 Å². The van der Waals surface area contributed by atoms with Gasteiger partial charge in [0, 0.05) is 5.56 Å². The Kier molecular flexibility index (Phi) is 2.91. The SMILES string of the molecule is Cc1ccc(C(=O)Nn2nnc(C)c2C)cc1. The van der Waals surface area contributed by atoms with Gasteiger partial charge in [-0.15, -0.1) is 5.10 Å². The first-order chi connectivity index (χ1) is 8.08. The summed E-state index contributed by atoms with van der Waals surface area (Å²) < 4.78 is 0. The van der Waals surface area contributed by atoms with E-state index in [1.165, 1.54) is 4.79 Å². The molecule has 0 aliphatic rings. The molecule has 0 spiro atoms. The van der Waals surface area contributed by atoms with Gasteiger partial charge in [-0.2, -0.15) is 4.79 Å². The average molecular weight is 230 g/mol. The van der Waals surface area contributed by atoms with E-state index in [0.29, 0.717) is 5.56 Å². The molecule has 0 fully saturated rings. The number of aromatic nitrogens is 3. The van der Waals surface area contributed by atoms with Crippen LogP contribution < -0.4 is 5.43 Å². The molecule has 0 atom stereocenters. The van der Waals surface area contributed by atoms with Crippen molar-refractivity contribution in [2.45, 2.75) is 20.8 Å². The molecule has 0 radical (unpaired) electrons. The fourth-order valence-electron chi connectivity index (χ4n) is 1.38. The zero-order valence-electron chi connectivity index (χ0n) is 10.1. The quantitative estimate of drug-likeness (QED) is 0.852. The number of rotatable bonds is 2. The molecular formula is C12H14N4O. The van der Waals surface area contributed by atoms with Gasteiger partial charge in [-0.05, 0) is 38.1 Å². The molecule has 0 aliphatic heterocycles. The summed E-state index contributed by atoms with van der Waals surface area (Å²) in [5.74, 6) is -0.196. The highest BCUT2D eigenvalue weighted by Gasteiger charge is 2.09. The van der Waals surface area contributed by atoms with Crippen LogP contribution in [0.1, 0.15) is 27.3 Å². The molecule has 0 saturated carbocycles. The van der Waals surface area contributed by atoms with Crippen LogP contribution in [-0.2, 0) is 0 Å². The Balaban J connectivity index is 2.17. The van der Waals surface area contributed by atoms with Gasteiger partial charge in [-0.3, -0.25) is 4.79 Å². The van der Waals surface area contributed by atoms with Gasteiger partial charge in [0.05, 0.1) is 11.4 Å². The standard InChI is InChI=1S/C12H14N4O/c1-8-4-6-11(7-5-8)12(17)14-16-10(3)9(2)13-15-16/h4-7H,1-3H3,(H,14,17). The van der Waals surface area contributed by atoms with Gasteiger partial charge in [0.2, 0.25) is 0 Å². The highest BCUT2D eigenvalue weighted by atomic mass is 16.2. The Morgan fingerprint density at radius 1 is 1.18 bits per heavy atom. The number of hydrogen-bond acceptors (Lipinski definition) is 3. The topological polar surface area (TPSA) is 59.8 Å². The first kappa shape index (κ1) is 11.3. The lowest BCUT2D eigenvalue weighted by atomic mass is 10.1. The Bertz CT molecular complexity index is 542. The second-order valence-corrected chi connectivity index (χ2v) is 3.98.